The zero-order valence-corrected chi connectivity index (χ0v) is 10.2. The van der Waals surface area contributed by atoms with Crippen LogP contribution < -0.4 is 0 Å². The molecule has 2 nitrogen and oxygen atoms in total. The average molecular weight is 228 g/mol. The van der Waals surface area contributed by atoms with Crippen LogP contribution in [-0.4, -0.2) is 14.2 Å². The van der Waals surface area contributed by atoms with Gasteiger partial charge in [-0.25, -0.2) is 0 Å². The Labute approximate surface area is 101 Å². The molecular weight excluding hydrogens is 212 g/mol. The first-order valence-corrected chi connectivity index (χ1v) is 5.92. The van der Waals surface area contributed by atoms with E-state index in [1.54, 1.807) is 14.2 Å². The van der Waals surface area contributed by atoms with Crippen molar-refractivity contribution in [2.45, 2.75) is 18.6 Å². The van der Waals surface area contributed by atoms with Gasteiger partial charge in [0.15, 0.2) is 5.79 Å². The molecule has 0 saturated carbocycles. The van der Waals surface area contributed by atoms with E-state index in [-0.39, 0.29) is 0 Å². The number of aryl methyl sites for hydroxylation is 1. The fourth-order valence-corrected chi connectivity index (χ4v) is 2.89. The highest BCUT2D eigenvalue weighted by atomic mass is 16.7. The molecule has 0 fully saturated rings. The lowest BCUT2D eigenvalue weighted by atomic mass is 9.98. The molecule has 17 heavy (non-hydrogen) atoms. The normalized spacial score (nSPS) is 17.3. The maximum Gasteiger partial charge on any atom is 0.195 e. The molecule has 1 aliphatic carbocycles. The third-order valence-electron chi connectivity index (χ3n) is 3.78. The zero-order chi connectivity index (χ0) is 11.9. The smallest absolute Gasteiger partial charge is 0.195 e. The molecule has 1 aliphatic rings. The minimum atomic E-state index is -0.559. The summed E-state index contributed by atoms with van der Waals surface area (Å²) in [5.41, 5.74) is 2.55. The van der Waals surface area contributed by atoms with E-state index in [1.807, 2.05) is 0 Å². The highest BCUT2D eigenvalue weighted by molar-refractivity contribution is 5.88. The van der Waals surface area contributed by atoms with Crippen molar-refractivity contribution in [2.24, 2.45) is 0 Å². The highest BCUT2D eigenvalue weighted by Crippen LogP contribution is 2.43. The molecule has 2 heteroatoms. The summed E-state index contributed by atoms with van der Waals surface area (Å²) in [7, 11) is 3.45. The monoisotopic (exact) mass is 228 g/mol. The number of benzene rings is 2. The number of methoxy groups -OCH3 is 2. The molecular formula is C15H16O2. The van der Waals surface area contributed by atoms with Crippen LogP contribution in [0.1, 0.15) is 17.5 Å². The molecule has 0 atom stereocenters. The summed E-state index contributed by atoms with van der Waals surface area (Å²) in [5, 5.41) is 2.48. The van der Waals surface area contributed by atoms with E-state index in [9.17, 15) is 0 Å². The van der Waals surface area contributed by atoms with E-state index in [4.69, 9.17) is 9.47 Å². The van der Waals surface area contributed by atoms with Gasteiger partial charge in [-0.15, -0.1) is 0 Å². The summed E-state index contributed by atoms with van der Waals surface area (Å²) in [6.07, 6.45) is 1.91. The predicted octanol–water partition coefficient (Wildman–Crippen LogP) is 3.23. The summed E-state index contributed by atoms with van der Waals surface area (Å²) in [6, 6.07) is 12.8. The first-order valence-electron chi connectivity index (χ1n) is 5.92. The maximum atomic E-state index is 5.66. The zero-order valence-electron chi connectivity index (χ0n) is 10.2. The molecule has 0 heterocycles. The summed E-state index contributed by atoms with van der Waals surface area (Å²) in [4.78, 5) is 0. The van der Waals surface area contributed by atoms with Gasteiger partial charge in [0.25, 0.3) is 0 Å². The topological polar surface area (TPSA) is 18.5 Å². The molecule has 0 spiro atoms. The molecule has 2 aromatic carbocycles. The maximum absolute atomic E-state index is 5.66. The number of rotatable bonds is 2. The molecule has 88 valence electrons. The fraction of sp³-hybridized carbons (Fsp3) is 0.333. The minimum Gasteiger partial charge on any atom is -0.349 e. The van der Waals surface area contributed by atoms with Crippen molar-refractivity contribution in [3.05, 3.63) is 47.5 Å². The first kappa shape index (κ1) is 10.8. The van der Waals surface area contributed by atoms with Gasteiger partial charge in [-0.3, -0.25) is 0 Å². The van der Waals surface area contributed by atoms with Gasteiger partial charge in [0.1, 0.15) is 0 Å². The molecule has 3 rings (SSSR count). The van der Waals surface area contributed by atoms with E-state index in [1.165, 1.54) is 21.9 Å². The van der Waals surface area contributed by atoms with Gasteiger partial charge < -0.3 is 9.47 Å². The molecule has 0 saturated heterocycles. The van der Waals surface area contributed by atoms with E-state index in [0.29, 0.717) is 0 Å². The Morgan fingerprint density at radius 2 is 1.76 bits per heavy atom. The van der Waals surface area contributed by atoms with Crippen molar-refractivity contribution >= 4 is 10.8 Å². The number of fused-ring (bicyclic) bond motifs is 3. The van der Waals surface area contributed by atoms with Gasteiger partial charge in [-0.05, 0) is 22.8 Å². The summed E-state index contributed by atoms with van der Waals surface area (Å²) >= 11 is 0. The second-order valence-electron chi connectivity index (χ2n) is 4.48. The van der Waals surface area contributed by atoms with Crippen molar-refractivity contribution in [3.63, 3.8) is 0 Å². The van der Waals surface area contributed by atoms with Crippen molar-refractivity contribution in [1.29, 1.82) is 0 Å². The lowest BCUT2D eigenvalue weighted by Gasteiger charge is -2.28. The quantitative estimate of drug-likeness (QED) is 0.735. The molecule has 0 N–H and O–H groups in total. The largest absolute Gasteiger partial charge is 0.349 e. The van der Waals surface area contributed by atoms with Crippen molar-refractivity contribution in [3.8, 4) is 0 Å². The van der Waals surface area contributed by atoms with Crippen LogP contribution in [0.25, 0.3) is 10.8 Å². The highest BCUT2D eigenvalue weighted by Gasteiger charge is 2.40. The van der Waals surface area contributed by atoms with E-state index < -0.39 is 5.79 Å². The molecule has 0 bridgehead atoms. The Morgan fingerprint density at radius 3 is 2.53 bits per heavy atom. The molecule has 0 radical (unpaired) electrons. The lowest BCUT2D eigenvalue weighted by molar-refractivity contribution is -0.212. The van der Waals surface area contributed by atoms with Gasteiger partial charge in [-0.2, -0.15) is 0 Å². The fourth-order valence-electron chi connectivity index (χ4n) is 2.89. The second-order valence-corrected chi connectivity index (χ2v) is 4.48. The molecule has 0 aliphatic heterocycles. The second kappa shape index (κ2) is 3.83. The van der Waals surface area contributed by atoms with Crippen LogP contribution in [0.4, 0.5) is 0 Å². The Morgan fingerprint density at radius 1 is 1.00 bits per heavy atom. The Bertz CT molecular complexity index is 556. The molecule has 2 aromatic rings. The van der Waals surface area contributed by atoms with Crippen LogP contribution in [0.3, 0.4) is 0 Å². The number of hydrogen-bond donors (Lipinski definition) is 0. The van der Waals surface area contributed by atoms with E-state index >= 15 is 0 Å². The Balaban J connectivity index is 2.35. The Hall–Kier alpha value is -1.38. The lowest BCUT2D eigenvalue weighted by Crippen LogP contribution is -2.27. The van der Waals surface area contributed by atoms with Gasteiger partial charge in [0.05, 0.1) is 0 Å². The van der Waals surface area contributed by atoms with Gasteiger partial charge in [-0.1, -0.05) is 36.4 Å². The predicted molar refractivity (Wildman–Crippen MR) is 68.0 cm³/mol. The van der Waals surface area contributed by atoms with Crippen LogP contribution in [-0.2, 0) is 21.7 Å². The third-order valence-corrected chi connectivity index (χ3v) is 3.78. The SMILES string of the molecule is COC1(OC)CCc2ccc3ccccc3c21. The van der Waals surface area contributed by atoms with Gasteiger partial charge in [0, 0.05) is 26.2 Å². The minimum absolute atomic E-state index is 0.559. The standard InChI is InChI=1S/C15H16O2/c1-16-15(17-2)10-9-12-8-7-11-5-3-4-6-13(11)14(12)15/h3-8H,9-10H2,1-2H3. The average Bonchev–Trinajstić information content (AvgIpc) is 2.78. The van der Waals surface area contributed by atoms with Crippen molar-refractivity contribution in [2.75, 3.05) is 14.2 Å². The molecule has 0 unspecified atom stereocenters. The van der Waals surface area contributed by atoms with Crippen molar-refractivity contribution < 1.29 is 9.47 Å². The van der Waals surface area contributed by atoms with Crippen molar-refractivity contribution in [1.82, 2.24) is 0 Å². The third kappa shape index (κ3) is 1.41. The Kier molecular flexibility index (Phi) is 2.42. The van der Waals surface area contributed by atoms with E-state index in [2.05, 4.69) is 36.4 Å². The van der Waals surface area contributed by atoms with E-state index in [0.717, 1.165) is 12.8 Å². The van der Waals surface area contributed by atoms with Crippen LogP contribution in [0, 0.1) is 0 Å². The molecule has 0 aromatic heterocycles. The number of hydrogen-bond acceptors (Lipinski definition) is 2. The summed E-state index contributed by atoms with van der Waals surface area (Å²) < 4.78 is 11.3. The summed E-state index contributed by atoms with van der Waals surface area (Å²) in [6.45, 7) is 0. The number of ether oxygens (including phenoxy) is 2. The van der Waals surface area contributed by atoms with Gasteiger partial charge >= 0.3 is 0 Å². The van der Waals surface area contributed by atoms with Crippen LogP contribution >= 0.6 is 0 Å². The van der Waals surface area contributed by atoms with Crippen LogP contribution in [0.15, 0.2) is 36.4 Å². The molecule has 0 amide bonds. The van der Waals surface area contributed by atoms with Crippen LogP contribution in [0.5, 0.6) is 0 Å². The summed E-state index contributed by atoms with van der Waals surface area (Å²) in [5.74, 6) is -0.559. The van der Waals surface area contributed by atoms with Crippen LogP contribution in [0.2, 0.25) is 0 Å². The van der Waals surface area contributed by atoms with Gasteiger partial charge in [0.2, 0.25) is 0 Å². The first-order chi connectivity index (χ1) is 8.30.